The molecule has 372 valence electrons. The second kappa shape index (κ2) is 21.2. The van der Waals surface area contributed by atoms with E-state index in [-0.39, 0.29) is 22.5 Å². The summed E-state index contributed by atoms with van der Waals surface area (Å²) in [5, 5.41) is 128. The van der Waals surface area contributed by atoms with Crippen molar-refractivity contribution in [3.8, 4) is 28.6 Å². The molecule has 0 unspecified atom stereocenters. The summed E-state index contributed by atoms with van der Waals surface area (Å²) in [4.78, 5) is 26.0. The van der Waals surface area contributed by atoms with Crippen LogP contribution in [0.3, 0.4) is 0 Å². The number of esters is 1. The number of benzene rings is 2. The van der Waals surface area contributed by atoms with Gasteiger partial charge in [-0.05, 0) is 43.3 Å². The molecule has 4 aliphatic heterocycles. The average Bonchev–Trinajstić information content (AvgIpc) is 3.31. The molecule has 2 aromatic carbocycles. The number of ether oxygens (including phenoxy) is 10. The van der Waals surface area contributed by atoms with Gasteiger partial charge in [0.1, 0.15) is 95.9 Å². The molecule has 1 aromatic heterocycles. The van der Waals surface area contributed by atoms with Crippen LogP contribution < -0.4 is 14.9 Å². The van der Waals surface area contributed by atoms with Gasteiger partial charge in [-0.25, -0.2) is 0 Å². The Hall–Kier alpha value is -4.20. The second-order valence-electron chi connectivity index (χ2n) is 16.3. The SMILES string of the molecule is COc1ccc(-c2cc(=O)c3c(O)ccc(O[C@@H]4O[C@H](CO[C@@H]5O[C@@H](C)[C@H](O)[C@@H](O)[C@H]5O)[C@@H](O)[C@H](O)[C@H]4O[C@@H]4O[C@H](CO)[C@@H](O)[C@H](OC(C)=O)[C@H]4O[C@@H]4O[C@H](CO)[C@@H](O)[C@H](O)[C@H]4O)c3o2)cc1. The first-order valence-electron chi connectivity index (χ1n) is 21.0. The highest BCUT2D eigenvalue weighted by Gasteiger charge is 2.56. The van der Waals surface area contributed by atoms with Gasteiger partial charge < -0.3 is 113 Å². The first-order valence-corrected chi connectivity index (χ1v) is 21.0. The summed E-state index contributed by atoms with van der Waals surface area (Å²) in [5.41, 5.74) is -0.692. The van der Waals surface area contributed by atoms with Gasteiger partial charge in [0.05, 0.1) is 33.0 Å². The quantitative estimate of drug-likeness (QED) is 0.0677. The lowest BCUT2D eigenvalue weighted by atomic mass is 9.96. The van der Waals surface area contributed by atoms with Gasteiger partial charge in [-0.15, -0.1) is 0 Å². The largest absolute Gasteiger partial charge is 0.507 e. The molecule has 20 atom stereocenters. The van der Waals surface area contributed by atoms with Crippen LogP contribution in [-0.2, 0) is 42.7 Å². The number of methoxy groups -OCH3 is 1. The average molecular weight is 959 g/mol. The van der Waals surface area contributed by atoms with Crippen LogP contribution in [0.1, 0.15) is 13.8 Å². The smallest absolute Gasteiger partial charge is 0.303 e. The van der Waals surface area contributed by atoms with E-state index in [1.807, 2.05) is 0 Å². The number of aromatic hydroxyl groups is 1. The van der Waals surface area contributed by atoms with Crippen LogP contribution in [0.4, 0.5) is 0 Å². The van der Waals surface area contributed by atoms with Crippen LogP contribution >= 0.6 is 0 Å². The summed E-state index contributed by atoms with van der Waals surface area (Å²) in [5.74, 6) is -1.39. The monoisotopic (exact) mass is 958 g/mol. The lowest BCUT2D eigenvalue weighted by Crippen LogP contribution is -2.67. The lowest BCUT2D eigenvalue weighted by Gasteiger charge is -2.49. The molecule has 67 heavy (non-hydrogen) atoms. The highest BCUT2D eigenvalue weighted by Crippen LogP contribution is 2.39. The molecule has 25 nitrogen and oxygen atoms in total. The van der Waals surface area contributed by atoms with E-state index in [4.69, 9.17) is 51.8 Å². The fourth-order valence-corrected chi connectivity index (χ4v) is 8.07. The predicted octanol–water partition coefficient (Wildman–Crippen LogP) is -4.58. The van der Waals surface area contributed by atoms with Gasteiger partial charge >= 0.3 is 5.97 Å². The summed E-state index contributed by atoms with van der Waals surface area (Å²) in [7, 11) is 1.46. The van der Waals surface area contributed by atoms with Crippen molar-refractivity contribution in [2.24, 2.45) is 0 Å². The van der Waals surface area contributed by atoms with Gasteiger partial charge in [-0.1, -0.05) is 0 Å². The highest BCUT2D eigenvalue weighted by molar-refractivity contribution is 5.89. The maximum Gasteiger partial charge on any atom is 0.303 e. The van der Waals surface area contributed by atoms with Crippen LogP contribution in [0.15, 0.2) is 51.7 Å². The molecular weight excluding hydrogens is 904 g/mol. The molecule has 0 radical (unpaired) electrons. The molecule has 0 bridgehead atoms. The minimum absolute atomic E-state index is 0.00354. The van der Waals surface area contributed by atoms with Gasteiger partial charge in [-0.3, -0.25) is 9.59 Å². The van der Waals surface area contributed by atoms with Gasteiger partial charge in [0.15, 0.2) is 53.9 Å². The first kappa shape index (κ1) is 50.7. The normalized spacial score (nSPS) is 39.2. The molecule has 0 aliphatic carbocycles. The van der Waals surface area contributed by atoms with E-state index in [1.165, 1.54) is 20.1 Å². The van der Waals surface area contributed by atoms with Gasteiger partial charge in [-0.2, -0.15) is 0 Å². The molecule has 3 aromatic rings. The Labute approximate surface area is 379 Å². The first-order chi connectivity index (χ1) is 31.9. The van der Waals surface area contributed by atoms with Gasteiger partial charge in [0, 0.05) is 18.6 Å². The Bertz CT molecular complexity index is 2190. The number of phenols is 1. The van der Waals surface area contributed by atoms with E-state index in [1.54, 1.807) is 24.3 Å². The van der Waals surface area contributed by atoms with Crippen LogP contribution in [-0.4, -0.2) is 217 Å². The van der Waals surface area contributed by atoms with Crippen LogP contribution in [0.25, 0.3) is 22.3 Å². The number of hydrogen-bond acceptors (Lipinski definition) is 25. The number of phenolic OH excluding ortho intramolecular Hbond substituents is 1. The number of carbonyl (C=O) groups is 1. The maximum absolute atomic E-state index is 13.6. The van der Waals surface area contributed by atoms with E-state index < -0.39 is 160 Å². The Morgan fingerprint density at radius 1 is 0.642 bits per heavy atom. The number of hydrogen-bond donors (Lipinski definition) is 12. The van der Waals surface area contributed by atoms with Crippen molar-refractivity contribution in [3.05, 3.63) is 52.7 Å². The van der Waals surface area contributed by atoms with Crippen molar-refractivity contribution in [2.45, 2.75) is 137 Å². The molecule has 25 heteroatoms. The molecular formula is C42H54O25. The lowest BCUT2D eigenvalue weighted by molar-refractivity contribution is -0.390. The molecule has 4 saturated heterocycles. The summed E-state index contributed by atoms with van der Waals surface area (Å²) in [6.45, 7) is -0.203. The Balaban J connectivity index is 1.27. The van der Waals surface area contributed by atoms with E-state index in [2.05, 4.69) is 0 Å². The van der Waals surface area contributed by atoms with Crippen molar-refractivity contribution in [1.82, 2.24) is 0 Å². The summed E-state index contributed by atoms with van der Waals surface area (Å²) < 4.78 is 63.8. The molecule has 4 aliphatic rings. The van der Waals surface area contributed by atoms with Crippen LogP contribution in [0.5, 0.6) is 17.2 Å². The zero-order chi connectivity index (χ0) is 48.6. The van der Waals surface area contributed by atoms with Crippen molar-refractivity contribution in [3.63, 3.8) is 0 Å². The highest BCUT2D eigenvalue weighted by atomic mass is 16.8. The summed E-state index contributed by atoms with van der Waals surface area (Å²) >= 11 is 0. The Morgan fingerprint density at radius 3 is 1.90 bits per heavy atom. The number of rotatable bonds is 14. The van der Waals surface area contributed by atoms with Gasteiger partial charge in [0.25, 0.3) is 0 Å². The molecule has 7 rings (SSSR count). The standard InChI is InChI=1S/C42H54O25/c1-14-26(48)30(52)33(55)39(59-14)58-13-24-28(50)32(54)37(41(65-24)62-20-9-8-18(46)25-19(47)10-21(61-35(20)25)16-4-6-17(57-3)7-5-16)66-42-38(36(60-15(2)45)29(51)23(12-44)64-42)67-40-34(56)31(53)27(49)22(11-43)63-40/h4-10,14,22-24,26-34,36-44,46,48-56H,11-13H2,1-3H3/t14-,22+,23+,24+,26-,27+,28+,29+,30+,31-,32-,33+,34+,36-,37+,38+,39+,40-,41+,42-/m0/s1. The zero-order valence-electron chi connectivity index (χ0n) is 35.9. The van der Waals surface area contributed by atoms with Crippen LogP contribution in [0.2, 0.25) is 0 Å². The maximum atomic E-state index is 13.6. The van der Waals surface area contributed by atoms with Crippen molar-refractivity contribution < 1.29 is 118 Å². The molecule has 0 spiro atoms. The van der Waals surface area contributed by atoms with E-state index >= 15 is 0 Å². The number of carbonyl (C=O) groups excluding carboxylic acids is 1. The topological polar surface area (TPSA) is 382 Å². The summed E-state index contributed by atoms with van der Waals surface area (Å²) in [6, 6.07) is 9.73. The molecule has 12 N–H and O–H groups in total. The third kappa shape index (κ3) is 10.4. The fraction of sp³-hybridized carbons (Fsp3) is 0.619. The van der Waals surface area contributed by atoms with E-state index in [0.29, 0.717) is 11.3 Å². The van der Waals surface area contributed by atoms with Crippen LogP contribution in [0, 0.1) is 0 Å². The fourth-order valence-electron chi connectivity index (χ4n) is 8.07. The minimum Gasteiger partial charge on any atom is -0.507 e. The van der Waals surface area contributed by atoms with Crippen molar-refractivity contribution >= 4 is 16.9 Å². The molecule has 0 amide bonds. The summed E-state index contributed by atoms with van der Waals surface area (Å²) in [6.07, 6.45) is -36.2. The Morgan fingerprint density at radius 2 is 1.24 bits per heavy atom. The third-order valence-electron chi connectivity index (χ3n) is 11.8. The van der Waals surface area contributed by atoms with Crippen molar-refractivity contribution in [2.75, 3.05) is 26.9 Å². The number of aliphatic hydroxyl groups excluding tert-OH is 11. The van der Waals surface area contributed by atoms with Gasteiger partial charge in [0.2, 0.25) is 6.29 Å². The molecule has 5 heterocycles. The third-order valence-corrected chi connectivity index (χ3v) is 11.8. The predicted molar refractivity (Wildman–Crippen MR) is 217 cm³/mol. The van der Waals surface area contributed by atoms with E-state index in [9.17, 15) is 70.9 Å². The number of aliphatic hydroxyl groups is 11. The molecule has 4 fully saturated rings. The minimum atomic E-state index is -2.13. The molecule has 0 saturated carbocycles. The zero-order valence-corrected chi connectivity index (χ0v) is 35.9. The Kier molecular flexibility index (Phi) is 16.0. The number of fused-ring (bicyclic) bond motifs is 1. The van der Waals surface area contributed by atoms with Crippen molar-refractivity contribution in [1.29, 1.82) is 0 Å². The second-order valence-corrected chi connectivity index (χ2v) is 16.3. The van der Waals surface area contributed by atoms with E-state index in [0.717, 1.165) is 19.1 Å².